The Hall–Kier alpha value is -0.770. The minimum Gasteiger partial charge on any atom is -0.368 e. The summed E-state index contributed by atoms with van der Waals surface area (Å²) in [5.74, 6) is 0.318. The van der Waals surface area contributed by atoms with Gasteiger partial charge >= 0.3 is 0 Å². The van der Waals surface area contributed by atoms with Crippen LogP contribution in [0.1, 0.15) is 99.8 Å². The van der Waals surface area contributed by atoms with E-state index in [1.54, 1.807) is 13.8 Å². The van der Waals surface area contributed by atoms with Crippen molar-refractivity contribution in [2.45, 2.75) is 111 Å². The molecular formula is C18H38N2O2. The van der Waals surface area contributed by atoms with Crippen molar-refractivity contribution in [2.24, 2.45) is 10.2 Å². The SMILES string of the molecule is CCCCCC(C)(O)N=NC(C)(C)C.CCCCCC(C)=O. The molecule has 1 atom stereocenters. The number of hydrogen-bond acceptors (Lipinski definition) is 4. The summed E-state index contributed by atoms with van der Waals surface area (Å²) in [5.41, 5.74) is -1.18. The minimum absolute atomic E-state index is 0.200. The molecule has 4 nitrogen and oxygen atoms in total. The largest absolute Gasteiger partial charge is 0.368 e. The standard InChI is InChI=1S/C11H24N2O.C7H14O/c1-6-7-8-9-11(5,14)13-12-10(2,3)4;1-3-4-5-6-7(2)8/h14H,6-9H2,1-5H3;3-6H2,1-2H3. The third-order valence-corrected chi connectivity index (χ3v) is 2.95. The molecule has 0 aliphatic rings. The zero-order chi connectivity index (χ0) is 17.6. The molecule has 0 fully saturated rings. The van der Waals surface area contributed by atoms with Gasteiger partial charge in [0.2, 0.25) is 0 Å². The summed E-state index contributed by atoms with van der Waals surface area (Å²) in [4.78, 5) is 10.3. The summed E-state index contributed by atoms with van der Waals surface area (Å²) in [5, 5.41) is 17.9. The van der Waals surface area contributed by atoms with Crippen LogP contribution in [0.3, 0.4) is 0 Å². The van der Waals surface area contributed by atoms with Gasteiger partial charge in [-0.15, -0.1) is 0 Å². The smallest absolute Gasteiger partial charge is 0.173 e. The first-order valence-electron chi connectivity index (χ1n) is 8.70. The number of unbranched alkanes of at least 4 members (excludes halogenated alkanes) is 4. The molecule has 0 aromatic heterocycles. The van der Waals surface area contributed by atoms with Gasteiger partial charge in [0.15, 0.2) is 5.72 Å². The first-order valence-corrected chi connectivity index (χ1v) is 8.70. The van der Waals surface area contributed by atoms with Crippen molar-refractivity contribution < 1.29 is 9.90 Å². The molecule has 0 spiro atoms. The van der Waals surface area contributed by atoms with Crippen LogP contribution in [-0.2, 0) is 4.79 Å². The number of aliphatic hydroxyl groups is 1. The maximum Gasteiger partial charge on any atom is 0.173 e. The molecule has 0 aromatic carbocycles. The number of Topliss-reactive ketones (excluding diaryl/α,β-unsaturated/α-hetero) is 1. The molecule has 1 unspecified atom stereocenters. The van der Waals surface area contributed by atoms with Crippen LogP contribution in [0.5, 0.6) is 0 Å². The summed E-state index contributed by atoms with van der Waals surface area (Å²) in [6, 6.07) is 0. The van der Waals surface area contributed by atoms with Crippen molar-refractivity contribution in [3.8, 4) is 0 Å². The predicted octanol–water partition coefficient (Wildman–Crippen LogP) is 5.68. The van der Waals surface area contributed by atoms with E-state index in [4.69, 9.17) is 0 Å². The maximum absolute atomic E-state index is 10.3. The van der Waals surface area contributed by atoms with Crippen LogP contribution in [0, 0.1) is 0 Å². The Bertz CT molecular complexity index is 305. The number of azo groups is 1. The third kappa shape index (κ3) is 21.5. The van der Waals surface area contributed by atoms with E-state index in [0.717, 1.165) is 32.1 Å². The fraction of sp³-hybridized carbons (Fsp3) is 0.944. The van der Waals surface area contributed by atoms with Gasteiger partial charge in [-0.05, 0) is 53.9 Å². The van der Waals surface area contributed by atoms with Crippen molar-refractivity contribution >= 4 is 5.78 Å². The van der Waals surface area contributed by atoms with Crippen LogP contribution in [0.4, 0.5) is 0 Å². The molecule has 22 heavy (non-hydrogen) atoms. The molecule has 4 heteroatoms. The van der Waals surface area contributed by atoms with E-state index in [-0.39, 0.29) is 5.54 Å². The number of rotatable bonds is 9. The van der Waals surface area contributed by atoms with Gasteiger partial charge in [0, 0.05) is 6.42 Å². The number of carbonyl (C=O) groups excluding carboxylic acids is 1. The zero-order valence-corrected chi connectivity index (χ0v) is 15.9. The second kappa shape index (κ2) is 12.7. The van der Waals surface area contributed by atoms with Crippen LogP contribution in [0.25, 0.3) is 0 Å². The van der Waals surface area contributed by atoms with Gasteiger partial charge in [0.05, 0.1) is 5.54 Å². The number of carbonyl (C=O) groups is 1. The van der Waals surface area contributed by atoms with Crippen LogP contribution in [0.2, 0.25) is 0 Å². The first-order chi connectivity index (χ1) is 10.0. The third-order valence-electron chi connectivity index (χ3n) is 2.95. The Morgan fingerprint density at radius 2 is 1.41 bits per heavy atom. The highest BCUT2D eigenvalue weighted by atomic mass is 16.3. The van der Waals surface area contributed by atoms with Crippen LogP contribution in [-0.4, -0.2) is 22.2 Å². The van der Waals surface area contributed by atoms with Crippen molar-refractivity contribution in [3.05, 3.63) is 0 Å². The quantitative estimate of drug-likeness (QED) is 0.439. The summed E-state index contributed by atoms with van der Waals surface area (Å²) < 4.78 is 0. The summed E-state index contributed by atoms with van der Waals surface area (Å²) in [7, 11) is 0. The highest BCUT2D eigenvalue weighted by Crippen LogP contribution is 2.19. The lowest BCUT2D eigenvalue weighted by Crippen LogP contribution is -2.22. The molecule has 0 bridgehead atoms. The van der Waals surface area contributed by atoms with Gasteiger partial charge < -0.3 is 9.90 Å². The van der Waals surface area contributed by atoms with Crippen molar-refractivity contribution in [2.75, 3.05) is 0 Å². The number of hydrogen-bond donors (Lipinski definition) is 1. The normalized spacial score (nSPS) is 14.4. The second-order valence-corrected chi connectivity index (χ2v) is 7.20. The topological polar surface area (TPSA) is 62.0 Å². The number of ketones is 1. The number of nitrogens with zero attached hydrogens (tertiary/aromatic N) is 2. The lowest BCUT2D eigenvalue weighted by atomic mass is 10.1. The molecule has 0 heterocycles. The van der Waals surface area contributed by atoms with E-state index >= 15 is 0 Å². The van der Waals surface area contributed by atoms with Gasteiger partial charge in [-0.3, -0.25) is 0 Å². The van der Waals surface area contributed by atoms with E-state index in [1.807, 2.05) is 20.8 Å². The second-order valence-electron chi connectivity index (χ2n) is 7.20. The van der Waals surface area contributed by atoms with Crippen molar-refractivity contribution in [1.82, 2.24) is 0 Å². The highest BCUT2D eigenvalue weighted by Gasteiger charge is 2.19. The Morgan fingerprint density at radius 1 is 0.909 bits per heavy atom. The Kier molecular flexibility index (Phi) is 13.6. The molecule has 0 saturated heterocycles. The van der Waals surface area contributed by atoms with E-state index in [2.05, 4.69) is 24.1 Å². The molecule has 0 aliphatic heterocycles. The molecule has 132 valence electrons. The minimum atomic E-state index is -0.984. The van der Waals surface area contributed by atoms with E-state index in [0.29, 0.717) is 12.2 Å². The van der Waals surface area contributed by atoms with Gasteiger partial charge in [0.25, 0.3) is 0 Å². The maximum atomic E-state index is 10.3. The van der Waals surface area contributed by atoms with Gasteiger partial charge in [-0.25, -0.2) is 0 Å². The Labute approximate surface area is 137 Å². The van der Waals surface area contributed by atoms with E-state index < -0.39 is 5.72 Å². The van der Waals surface area contributed by atoms with Crippen molar-refractivity contribution in [3.63, 3.8) is 0 Å². The Balaban J connectivity index is 0. The van der Waals surface area contributed by atoms with E-state index in [1.165, 1.54) is 12.8 Å². The molecule has 0 radical (unpaired) electrons. The summed E-state index contributed by atoms with van der Waals surface area (Å²) in [6.45, 7) is 13.6. The average molecular weight is 315 g/mol. The highest BCUT2D eigenvalue weighted by molar-refractivity contribution is 5.75. The molecule has 0 aliphatic carbocycles. The predicted molar refractivity (Wildman–Crippen MR) is 94.2 cm³/mol. The fourth-order valence-electron chi connectivity index (χ4n) is 1.64. The molecule has 0 amide bonds. The van der Waals surface area contributed by atoms with Gasteiger partial charge in [-0.2, -0.15) is 10.2 Å². The zero-order valence-electron chi connectivity index (χ0n) is 15.9. The van der Waals surface area contributed by atoms with Crippen molar-refractivity contribution in [1.29, 1.82) is 0 Å². The monoisotopic (exact) mass is 314 g/mol. The lowest BCUT2D eigenvalue weighted by Gasteiger charge is -2.19. The van der Waals surface area contributed by atoms with Crippen LogP contribution < -0.4 is 0 Å². The summed E-state index contributed by atoms with van der Waals surface area (Å²) in [6.07, 6.45) is 8.24. The fourth-order valence-corrected chi connectivity index (χ4v) is 1.64. The first kappa shape index (κ1) is 23.5. The van der Waals surface area contributed by atoms with Crippen LogP contribution >= 0.6 is 0 Å². The van der Waals surface area contributed by atoms with Gasteiger partial charge in [-0.1, -0.05) is 39.5 Å². The van der Waals surface area contributed by atoms with Crippen LogP contribution in [0.15, 0.2) is 10.2 Å². The molecule has 0 aromatic rings. The van der Waals surface area contributed by atoms with Gasteiger partial charge in [0.1, 0.15) is 5.78 Å². The molecule has 1 N–H and O–H groups in total. The molecule has 0 saturated carbocycles. The molecular weight excluding hydrogens is 276 g/mol. The Morgan fingerprint density at radius 3 is 1.82 bits per heavy atom. The molecule has 0 rings (SSSR count). The average Bonchev–Trinajstić information content (AvgIpc) is 2.37. The van der Waals surface area contributed by atoms with E-state index in [9.17, 15) is 9.90 Å². The lowest BCUT2D eigenvalue weighted by molar-refractivity contribution is -0.117. The summed E-state index contributed by atoms with van der Waals surface area (Å²) >= 11 is 0.